The van der Waals surface area contributed by atoms with Gasteiger partial charge < -0.3 is 10.6 Å². The Morgan fingerprint density at radius 2 is 2.10 bits per heavy atom. The van der Waals surface area contributed by atoms with E-state index in [0.717, 1.165) is 24.5 Å². The van der Waals surface area contributed by atoms with E-state index in [4.69, 9.17) is 0 Å². The van der Waals surface area contributed by atoms with Crippen LogP contribution in [0.3, 0.4) is 0 Å². The second-order valence-corrected chi connectivity index (χ2v) is 6.26. The van der Waals surface area contributed by atoms with Crippen LogP contribution in [0, 0.1) is 18.8 Å². The lowest BCUT2D eigenvalue weighted by molar-refractivity contribution is 0.0891. The second-order valence-electron chi connectivity index (χ2n) is 6.26. The molecule has 0 aliphatic heterocycles. The molecule has 0 radical (unpaired) electrons. The summed E-state index contributed by atoms with van der Waals surface area (Å²) >= 11 is 0. The summed E-state index contributed by atoms with van der Waals surface area (Å²) in [4.78, 5) is 16.9. The molecule has 0 bridgehead atoms. The molecule has 0 saturated heterocycles. The van der Waals surface area contributed by atoms with Gasteiger partial charge in [0.15, 0.2) is 0 Å². The fraction of sp³-hybridized carbons (Fsp3) is 0.647. The number of rotatable bonds is 4. The number of anilines is 1. The van der Waals surface area contributed by atoms with Crippen molar-refractivity contribution in [1.82, 2.24) is 10.3 Å². The van der Waals surface area contributed by atoms with E-state index < -0.39 is 0 Å². The van der Waals surface area contributed by atoms with E-state index in [0.29, 0.717) is 17.4 Å². The Labute approximate surface area is 127 Å². The molecular formula is C17H27N3O. The van der Waals surface area contributed by atoms with Crippen LogP contribution in [-0.4, -0.2) is 23.5 Å². The smallest absolute Gasteiger partial charge is 0.251 e. The molecule has 1 saturated carbocycles. The molecule has 2 N–H and O–H groups in total. The molecule has 0 spiro atoms. The van der Waals surface area contributed by atoms with Gasteiger partial charge in [-0.2, -0.15) is 0 Å². The van der Waals surface area contributed by atoms with Crippen molar-refractivity contribution in [1.29, 1.82) is 0 Å². The van der Waals surface area contributed by atoms with Gasteiger partial charge in [0, 0.05) is 23.8 Å². The third-order valence-corrected chi connectivity index (χ3v) is 4.60. The zero-order valence-electron chi connectivity index (χ0n) is 13.6. The Morgan fingerprint density at radius 3 is 2.81 bits per heavy atom. The minimum atomic E-state index is 0.0191. The lowest BCUT2D eigenvalue weighted by Gasteiger charge is -2.34. The van der Waals surface area contributed by atoms with Crippen molar-refractivity contribution in [2.75, 3.05) is 11.9 Å². The van der Waals surface area contributed by atoms with E-state index in [9.17, 15) is 4.79 Å². The molecule has 3 unspecified atom stereocenters. The molecule has 3 atom stereocenters. The van der Waals surface area contributed by atoms with Crippen molar-refractivity contribution < 1.29 is 4.79 Å². The van der Waals surface area contributed by atoms with Crippen LogP contribution in [0.4, 0.5) is 5.82 Å². The van der Waals surface area contributed by atoms with Crippen LogP contribution in [0.25, 0.3) is 0 Å². The fourth-order valence-electron chi connectivity index (χ4n) is 3.11. The van der Waals surface area contributed by atoms with Gasteiger partial charge in [-0.3, -0.25) is 4.79 Å². The van der Waals surface area contributed by atoms with Crippen molar-refractivity contribution in [3.05, 3.63) is 23.4 Å². The van der Waals surface area contributed by atoms with Gasteiger partial charge in [-0.05, 0) is 44.2 Å². The van der Waals surface area contributed by atoms with Crippen molar-refractivity contribution in [3.63, 3.8) is 0 Å². The number of hydrogen-bond donors (Lipinski definition) is 2. The van der Waals surface area contributed by atoms with Gasteiger partial charge in [0.05, 0.1) is 0 Å². The van der Waals surface area contributed by atoms with Crippen LogP contribution in [0.1, 0.15) is 56.1 Å². The summed E-state index contributed by atoms with van der Waals surface area (Å²) in [7, 11) is 0. The molecule has 21 heavy (non-hydrogen) atoms. The quantitative estimate of drug-likeness (QED) is 0.893. The highest BCUT2D eigenvalue weighted by atomic mass is 16.1. The molecule has 4 heteroatoms. The maximum Gasteiger partial charge on any atom is 0.251 e. The Bertz CT molecular complexity index is 501. The molecular weight excluding hydrogens is 262 g/mol. The average Bonchev–Trinajstić information content (AvgIpc) is 2.43. The van der Waals surface area contributed by atoms with Crippen LogP contribution in [0.15, 0.2) is 12.1 Å². The van der Waals surface area contributed by atoms with Gasteiger partial charge in [-0.25, -0.2) is 4.98 Å². The molecule has 1 aromatic rings. The number of carbonyl (C=O) groups excluding carboxylic acids is 1. The van der Waals surface area contributed by atoms with Gasteiger partial charge in [0.25, 0.3) is 5.91 Å². The number of amides is 1. The fourth-order valence-corrected chi connectivity index (χ4v) is 3.11. The minimum Gasteiger partial charge on any atom is -0.370 e. The van der Waals surface area contributed by atoms with E-state index in [1.807, 2.05) is 26.0 Å². The number of hydrogen-bond acceptors (Lipinski definition) is 3. The maximum atomic E-state index is 12.5. The lowest BCUT2D eigenvalue weighted by atomic mass is 9.78. The SMILES string of the molecule is CCNc1cc(C(=O)NC2CCCC(C)C2C)cc(C)n1. The number of nitrogens with one attached hydrogen (secondary N) is 2. The molecule has 4 nitrogen and oxygen atoms in total. The van der Waals surface area contributed by atoms with Crippen LogP contribution >= 0.6 is 0 Å². The van der Waals surface area contributed by atoms with Crippen molar-refractivity contribution in [2.45, 2.75) is 53.0 Å². The minimum absolute atomic E-state index is 0.0191. The number of pyridine rings is 1. The number of aryl methyl sites for hydroxylation is 1. The second kappa shape index (κ2) is 6.92. The van der Waals surface area contributed by atoms with Crippen LogP contribution in [-0.2, 0) is 0 Å². The van der Waals surface area contributed by atoms with Crippen molar-refractivity contribution in [3.8, 4) is 0 Å². The van der Waals surface area contributed by atoms with E-state index in [-0.39, 0.29) is 11.9 Å². The zero-order valence-corrected chi connectivity index (χ0v) is 13.6. The predicted octanol–water partition coefficient (Wildman–Crippen LogP) is 3.38. The summed E-state index contributed by atoms with van der Waals surface area (Å²) in [6.07, 6.45) is 3.56. The molecule has 2 rings (SSSR count). The lowest BCUT2D eigenvalue weighted by Crippen LogP contribution is -2.43. The first-order valence-corrected chi connectivity index (χ1v) is 8.04. The Balaban J connectivity index is 2.09. The van der Waals surface area contributed by atoms with E-state index in [2.05, 4.69) is 29.5 Å². The number of nitrogens with zero attached hydrogens (tertiary/aromatic N) is 1. The first kappa shape index (κ1) is 15.8. The van der Waals surface area contributed by atoms with Gasteiger partial charge >= 0.3 is 0 Å². The van der Waals surface area contributed by atoms with Crippen LogP contribution in [0.5, 0.6) is 0 Å². The van der Waals surface area contributed by atoms with Gasteiger partial charge in [0.2, 0.25) is 0 Å². The Hall–Kier alpha value is -1.58. The zero-order chi connectivity index (χ0) is 15.4. The number of aromatic nitrogens is 1. The largest absolute Gasteiger partial charge is 0.370 e. The third-order valence-electron chi connectivity index (χ3n) is 4.60. The third kappa shape index (κ3) is 3.96. The predicted molar refractivity (Wildman–Crippen MR) is 86.6 cm³/mol. The summed E-state index contributed by atoms with van der Waals surface area (Å²) < 4.78 is 0. The van der Waals surface area contributed by atoms with E-state index in [1.54, 1.807) is 0 Å². The first-order chi connectivity index (χ1) is 10.0. The monoisotopic (exact) mass is 289 g/mol. The Morgan fingerprint density at radius 1 is 1.33 bits per heavy atom. The van der Waals surface area contributed by atoms with Gasteiger partial charge in [0.1, 0.15) is 5.82 Å². The molecule has 1 amide bonds. The highest BCUT2D eigenvalue weighted by Crippen LogP contribution is 2.29. The summed E-state index contributed by atoms with van der Waals surface area (Å²) in [5, 5.41) is 6.39. The average molecular weight is 289 g/mol. The summed E-state index contributed by atoms with van der Waals surface area (Å²) in [6, 6.07) is 3.98. The summed E-state index contributed by atoms with van der Waals surface area (Å²) in [5.74, 6) is 2.01. The topological polar surface area (TPSA) is 54.0 Å². The summed E-state index contributed by atoms with van der Waals surface area (Å²) in [5.41, 5.74) is 1.56. The van der Waals surface area contributed by atoms with E-state index in [1.165, 1.54) is 12.8 Å². The molecule has 1 heterocycles. The molecule has 0 aromatic carbocycles. The van der Waals surface area contributed by atoms with Gasteiger partial charge in [-0.15, -0.1) is 0 Å². The molecule has 1 aromatic heterocycles. The van der Waals surface area contributed by atoms with Crippen molar-refractivity contribution >= 4 is 11.7 Å². The van der Waals surface area contributed by atoms with Crippen LogP contribution < -0.4 is 10.6 Å². The molecule has 1 aliphatic carbocycles. The number of carbonyl (C=O) groups is 1. The molecule has 116 valence electrons. The highest BCUT2D eigenvalue weighted by molar-refractivity contribution is 5.95. The van der Waals surface area contributed by atoms with Crippen molar-refractivity contribution in [2.24, 2.45) is 11.8 Å². The Kier molecular flexibility index (Phi) is 5.21. The molecule has 1 fully saturated rings. The van der Waals surface area contributed by atoms with Gasteiger partial charge in [-0.1, -0.05) is 26.7 Å². The standard InChI is InChI=1S/C17H27N3O/c1-5-18-16-10-14(9-12(3)19-16)17(21)20-15-8-6-7-11(2)13(15)4/h9-11,13,15H,5-8H2,1-4H3,(H,18,19)(H,20,21). The molecule has 1 aliphatic rings. The van der Waals surface area contributed by atoms with Crippen LogP contribution in [0.2, 0.25) is 0 Å². The van der Waals surface area contributed by atoms with E-state index >= 15 is 0 Å². The maximum absolute atomic E-state index is 12.5. The highest BCUT2D eigenvalue weighted by Gasteiger charge is 2.28. The first-order valence-electron chi connectivity index (χ1n) is 8.04. The summed E-state index contributed by atoms with van der Waals surface area (Å²) in [6.45, 7) is 9.27. The normalized spacial score (nSPS) is 25.4.